The zero-order valence-corrected chi connectivity index (χ0v) is 7.50. The molecule has 1 aromatic carbocycles. The number of methoxy groups -OCH3 is 1. The van der Waals surface area contributed by atoms with Crippen LogP contribution < -0.4 is 10.5 Å². The summed E-state index contributed by atoms with van der Waals surface area (Å²) < 4.78 is 5.25. The van der Waals surface area contributed by atoms with E-state index in [9.17, 15) is 0 Å². The van der Waals surface area contributed by atoms with Crippen LogP contribution in [-0.4, -0.2) is 12.1 Å². The van der Waals surface area contributed by atoms with Crippen LogP contribution in [0.15, 0.2) is 24.4 Å². The Labute approximate surface area is 76.5 Å². The van der Waals surface area contributed by atoms with Gasteiger partial charge in [-0.15, -0.1) is 0 Å². The van der Waals surface area contributed by atoms with E-state index in [4.69, 9.17) is 10.5 Å². The Hall–Kier alpha value is -1.48. The molecule has 13 heavy (non-hydrogen) atoms. The summed E-state index contributed by atoms with van der Waals surface area (Å²) in [6, 6.07) is 5.91. The molecule has 0 radical (unpaired) electrons. The summed E-state index contributed by atoms with van der Waals surface area (Å²) in [7, 11) is 1.67. The van der Waals surface area contributed by atoms with Crippen molar-refractivity contribution in [3.05, 3.63) is 30.0 Å². The van der Waals surface area contributed by atoms with Crippen LogP contribution in [0.4, 0.5) is 0 Å². The fourth-order valence-corrected chi connectivity index (χ4v) is 1.55. The van der Waals surface area contributed by atoms with E-state index in [1.165, 1.54) is 0 Å². The number of hydrogen-bond donors (Lipinski definition) is 2. The van der Waals surface area contributed by atoms with Crippen LogP contribution in [-0.2, 0) is 6.54 Å². The summed E-state index contributed by atoms with van der Waals surface area (Å²) in [4.78, 5) is 3.15. The Balaban J connectivity index is 2.76. The van der Waals surface area contributed by atoms with E-state index >= 15 is 0 Å². The number of rotatable bonds is 2. The molecule has 2 rings (SSSR count). The van der Waals surface area contributed by atoms with Crippen LogP contribution >= 0.6 is 0 Å². The normalized spacial score (nSPS) is 10.6. The molecule has 68 valence electrons. The largest absolute Gasteiger partial charge is 0.496 e. The molecule has 0 spiro atoms. The van der Waals surface area contributed by atoms with Gasteiger partial charge in [0.25, 0.3) is 0 Å². The number of ether oxygens (including phenoxy) is 1. The summed E-state index contributed by atoms with van der Waals surface area (Å²) in [6.07, 6.45) is 1.92. The monoisotopic (exact) mass is 176 g/mol. The molecule has 0 saturated carbocycles. The lowest BCUT2D eigenvalue weighted by Gasteiger charge is -2.02. The van der Waals surface area contributed by atoms with Crippen molar-refractivity contribution in [2.75, 3.05) is 7.11 Å². The Morgan fingerprint density at radius 1 is 1.46 bits per heavy atom. The fraction of sp³-hybridized carbons (Fsp3) is 0.200. The van der Waals surface area contributed by atoms with Crippen molar-refractivity contribution in [2.24, 2.45) is 5.73 Å². The maximum absolute atomic E-state index is 5.61. The minimum atomic E-state index is 0.528. The quantitative estimate of drug-likeness (QED) is 0.730. The van der Waals surface area contributed by atoms with Crippen LogP contribution in [0.5, 0.6) is 5.75 Å². The topological polar surface area (TPSA) is 51.0 Å². The molecule has 0 aliphatic carbocycles. The van der Waals surface area contributed by atoms with E-state index in [1.54, 1.807) is 7.11 Å². The second kappa shape index (κ2) is 3.11. The maximum Gasteiger partial charge on any atom is 0.128 e. The first kappa shape index (κ1) is 8.13. The SMILES string of the molecule is COc1cccc2[nH]cc(CN)c12. The summed E-state index contributed by atoms with van der Waals surface area (Å²) in [6.45, 7) is 0.528. The first-order chi connectivity index (χ1) is 6.36. The number of nitrogens with one attached hydrogen (secondary N) is 1. The van der Waals surface area contributed by atoms with Crippen LogP contribution in [0.25, 0.3) is 10.9 Å². The molecule has 0 aliphatic heterocycles. The minimum absolute atomic E-state index is 0.528. The Kier molecular flexibility index (Phi) is 1.94. The van der Waals surface area contributed by atoms with Crippen LogP contribution in [0.2, 0.25) is 0 Å². The Morgan fingerprint density at radius 2 is 2.31 bits per heavy atom. The zero-order valence-electron chi connectivity index (χ0n) is 7.50. The van der Waals surface area contributed by atoms with E-state index in [1.807, 2.05) is 24.4 Å². The van der Waals surface area contributed by atoms with Gasteiger partial charge in [-0.25, -0.2) is 0 Å². The Morgan fingerprint density at radius 3 is 3.00 bits per heavy atom. The van der Waals surface area contributed by atoms with Crippen LogP contribution in [0.3, 0.4) is 0 Å². The molecule has 0 bridgehead atoms. The molecule has 0 fully saturated rings. The minimum Gasteiger partial charge on any atom is -0.496 e. The highest BCUT2D eigenvalue weighted by Crippen LogP contribution is 2.27. The first-order valence-corrected chi connectivity index (χ1v) is 4.20. The zero-order chi connectivity index (χ0) is 9.26. The average Bonchev–Trinajstić information content (AvgIpc) is 2.60. The predicted octanol–water partition coefficient (Wildman–Crippen LogP) is 1.64. The lowest BCUT2D eigenvalue weighted by atomic mass is 10.1. The molecule has 0 saturated heterocycles. The highest BCUT2D eigenvalue weighted by molar-refractivity contribution is 5.89. The number of hydrogen-bond acceptors (Lipinski definition) is 2. The van der Waals surface area contributed by atoms with Gasteiger partial charge in [0.2, 0.25) is 0 Å². The maximum atomic E-state index is 5.61. The van der Waals surface area contributed by atoms with Gasteiger partial charge < -0.3 is 15.5 Å². The smallest absolute Gasteiger partial charge is 0.128 e. The third-order valence-corrected chi connectivity index (χ3v) is 2.19. The number of aromatic nitrogens is 1. The molecule has 3 nitrogen and oxygen atoms in total. The van der Waals surface area contributed by atoms with Gasteiger partial charge in [-0.1, -0.05) is 6.07 Å². The second-order valence-electron chi connectivity index (χ2n) is 2.90. The van der Waals surface area contributed by atoms with Crippen molar-refractivity contribution < 1.29 is 4.74 Å². The van der Waals surface area contributed by atoms with Gasteiger partial charge in [0.05, 0.1) is 7.11 Å². The van der Waals surface area contributed by atoms with E-state index in [0.717, 1.165) is 22.2 Å². The molecule has 0 amide bonds. The lowest BCUT2D eigenvalue weighted by molar-refractivity contribution is 0.419. The van der Waals surface area contributed by atoms with E-state index in [2.05, 4.69) is 4.98 Å². The van der Waals surface area contributed by atoms with Crippen molar-refractivity contribution in [3.8, 4) is 5.75 Å². The number of fused-ring (bicyclic) bond motifs is 1. The molecule has 1 aromatic heterocycles. The summed E-state index contributed by atoms with van der Waals surface area (Å²) in [5.74, 6) is 0.874. The van der Waals surface area contributed by atoms with Crippen molar-refractivity contribution in [2.45, 2.75) is 6.54 Å². The van der Waals surface area contributed by atoms with Gasteiger partial charge >= 0.3 is 0 Å². The average molecular weight is 176 g/mol. The lowest BCUT2D eigenvalue weighted by Crippen LogP contribution is -1.95. The summed E-state index contributed by atoms with van der Waals surface area (Å²) >= 11 is 0. The molecule has 3 N–H and O–H groups in total. The number of aromatic amines is 1. The van der Waals surface area contributed by atoms with Gasteiger partial charge in [-0.2, -0.15) is 0 Å². The standard InChI is InChI=1S/C10H12N2O/c1-13-9-4-2-3-8-10(9)7(5-11)6-12-8/h2-4,6,12H,5,11H2,1H3. The van der Waals surface area contributed by atoms with E-state index in [-0.39, 0.29) is 0 Å². The van der Waals surface area contributed by atoms with E-state index < -0.39 is 0 Å². The van der Waals surface area contributed by atoms with Crippen molar-refractivity contribution in [1.29, 1.82) is 0 Å². The van der Waals surface area contributed by atoms with Crippen LogP contribution in [0, 0.1) is 0 Å². The predicted molar refractivity (Wildman–Crippen MR) is 52.7 cm³/mol. The van der Waals surface area contributed by atoms with Gasteiger partial charge in [0.15, 0.2) is 0 Å². The van der Waals surface area contributed by atoms with Crippen LogP contribution in [0.1, 0.15) is 5.56 Å². The van der Waals surface area contributed by atoms with Gasteiger partial charge in [0.1, 0.15) is 5.75 Å². The van der Waals surface area contributed by atoms with Gasteiger partial charge in [-0.05, 0) is 17.7 Å². The van der Waals surface area contributed by atoms with Crippen molar-refractivity contribution >= 4 is 10.9 Å². The third-order valence-electron chi connectivity index (χ3n) is 2.19. The number of H-pyrrole nitrogens is 1. The van der Waals surface area contributed by atoms with Crippen molar-refractivity contribution in [3.63, 3.8) is 0 Å². The van der Waals surface area contributed by atoms with E-state index in [0.29, 0.717) is 6.54 Å². The first-order valence-electron chi connectivity index (χ1n) is 4.20. The summed E-state index contributed by atoms with van der Waals surface area (Å²) in [5.41, 5.74) is 7.77. The number of nitrogens with two attached hydrogens (primary N) is 1. The molecule has 0 atom stereocenters. The molecule has 0 unspecified atom stereocenters. The molecular formula is C10H12N2O. The molecule has 2 aromatic rings. The molecule has 1 heterocycles. The second-order valence-corrected chi connectivity index (χ2v) is 2.90. The number of benzene rings is 1. The third kappa shape index (κ3) is 1.17. The fourth-order valence-electron chi connectivity index (χ4n) is 1.55. The highest BCUT2D eigenvalue weighted by Gasteiger charge is 2.06. The van der Waals surface area contributed by atoms with Gasteiger partial charge in [0, 0.05) is 23.6 Å². The molecule has 3 heteroatoms. The highest BCUT2D eigenvalue weighted by atomic mass is 16.5. The van der Waals surface area contributed by atoms with Gasteiger partial charge in [-0.3, -0.25) is 0 Å². The summed E-state index contributed by atoms with van der Waals surface area (Å²) in [5, 5.41) is 1.09. The molecular weight excluding hydrogens is 164 g/mol. The molecule has 0 aliphatic rings. The Bertz CT molecular complexity index is 420. The van der Waals surface area contributed by atoms with Crippen molar-refractivity contribution in [1.82, 2.24) is 4.98 Å².